The molecule has 0 saturated carbocycles. The summed E-state index contributed by atoms with van der Waals surface area (Å²) >= 11 is 1.75. The number of nitrogens with one attached hydrogen (secondary N) is 1. The van der Waals surface area contributed by atoms with Crippen molar-refractivity contribution in [1.29, 1.82) is 0 Å². The lowest BCUT2D eigenvalue weighted by Crippen LogP contribution is -2.42. The molecular weight excluding hydrogens is 302 g/mol. The fourth-order valence-corrected chi connectivity index (χ4v) is 3.42. The summed E-state index contributed by atoms with van der Waals surface area (Å²) in [7, 11) is 2.10. The van der Waals surface area contributed by atoms with Crippen LogP contribution in [0.3, 0.4) is 0 Å². The van der Waals surface area contributed by atoms with E-state index in [0.717, 1.165) is 39.3 Å². The highest BCUT2D eigenvalue weighted by Gasteiger charge is 2.10. The van der Waals surface area contributed by atoms with Gasteiger partial charge in [0.2, 0.25) is 0 Å². The van der Waals surface area contributed by atoms with Gasteiger partial charge in [-0.25, -0.2) is 4.31 Å². The normalized spacial score (nSPS) is 16.5. The molecule has 124 valence electrons. The highest BCUT2D eigenvalue weighted by molar-refractivity contribution is 7.97. The zero-order valence-corrected chi connectivity index (χ0v) is 14.8. The van der Waals surface area contributed by atoms with Gasteiger partial charge in [-0.05, 0) is 42.3 Å². The summed E-state index contributed by atoms with van der Waals surface area (Å²) in [5.41, 5.74) is 2.56. The highest BCUT2D eigenvalue weighted by Crippen LogP contribution is 2.23. The van der Waals surface area contributed by atoms with Gasteiger partial charge in [-0.3, -0.25) is 4.90 Å². The van der Waals surface area contributed by atoms with Gasteiger partial charge in [-0.15, -0.1) is 0 Å². The molecule has 0 atom stereocenters. The molecule has 1 N–H and O–H groups in total. The summed E-state index contributed by atoms with van der Waals surface area (Å²) in [5, 5.41) is 3.39. The van der Waals surface area contributed by atoms with E-state index in [9.17, 15) is 0 Å². The first kappa shape index (κ1) is 18.0. The topological polar surface area (TPSA) is 18.5 Å². The fourth-order valence-electron chi connectivity index (χ4n) is 2.59. The van der Waals surface area contributed by atoms with Crippen molar-refractivity contribution in [3.63, 3.8) is 0 Å². The molecule has 1 aliphatic rings. The van der Waals surface area contributed by atoms with Crippen molar-refractivity contribution in [1.82, 2.24) is 14.5 Å². The van der Waals surface area contributed by atoms with Crippen LogP contribution >= 0.6 is 11.9 Å². The minimum absolute atomic E-state index is 0.850. The average Bonchev–Trinajstić information content (AvgIpc) is 2.57. The maximum atomic E-state index is 3.85. The first-order valence-corrected chi connectivity index (χ1v) is 8.83. The molecule has 2 rings (SSSR count). The van der Waals surface area contributed by atoms with Gasteiger partial charge in [0, 0.05) is 44.2 Å². The van der Waals surface area contributed by atoms with Gasteiger partial charge in [0.05, 0.1) is 0 Å². The Morgan fingerprint density at radius 1 is 1.26 bits per heavy atom. The number of likely N-dealkylation sites (N-methyl/N-ethyl adjacent to an activating group) is 1. The maximum Gasteiger partial charge on any atom is 0.0340 e. The predicted molar refractivity (Wildman–Crippen MR) is 102 cm³/mol. The van der Waals surface area contributed by atoms with Crippen molar-refractivity contribution in [3.8, 4) is 0 Å². The molecule has 4 heteroatoms. The molecule has 1 aromatic carbocycles. The van der Waals surface area contributed by atoms with Crippen molar-refractivity contribution < 1.29 is 0 Å². The van der Waals surface area contributed by atoms with E-state index in [4.69, 9.17) is 0 Å². The number of hydrogen-bond donors (Lipinski definition) is 1. The number of benzene rings is 1. The molecule has 1 saturated heterocycles. The van der Waals surface area contributed by atoms with Crippen LogP contribution in [0.4, 0.5) is 0 Å². The van der Waals surface area contributed by atoms with Gasteiger partial charge in [0.1, 0.15) is 0 Å². The summed E-state index contributed by atoms with van der Waals surface area (Å²) in [4.78, 5) is 3.76. The third-order valence-electron chi connectivity index (χ3n) is 3.80. The summed E-state index contributed by atoms with van der Waals surface area (Å²) in [6.45, 7) is 14.0. The fraction of sp³-hybridized carbons (Fsp3) is 0.368. The molecule has 0 radical (unpaired) electrons. The molecule has 23 heavy (non-hydrogen) atoms. The van der Waals surface area contributed by atoms with Gasteiger partial charge in [-0.1, -0.05) is 43.5 Å². The Balaban J connectivity index is 1.85. The zero-order chi connectivity index (χ0) is 16.5. The zero-order valence-electron chi connectivity index (χ0n) is 14.0. The van der Waals surface area contributed by atoms with Gasteiger partial charge in [0.15, 0.2) is 0 Å². The predicted octanol–water partition coefficient (Wildman–Crippen LogP) is 3.33. The quantitative estimate of drug-likeness (QED) is 0.582. The molecule has 0 bridgehead atoms. The lowest BCUT2D eigenvalue weighted by Gasteiger charge is -2.27. The monoisotopic (exact) mass is 329 g/mol. The molecule has 0 unspecified atom stereocenters. The van der Waals surface area contributed by atoms with E-state index in [1.54, 1.807) is 18.0 Å². The SMILES string of the molecule is C=C/C=C(\C=C)CN(C)Sc1ccc(CN2CCNCC2)cc1. The van der Waals surface area contributed by atoms with E-state index in [1.807, 2.05) is 12.2 Å². The standard InChI is InChI=1S/C19H27N3S/c1-4-6-17(5-2)15-21(3)23-19-9-7-18(8-10-19)16-22-13-11-20-12-14-22/h4-10,20H,1-2,11-16H2,3H3/b17-6+. The Kier molecular flexibility index (Phi) is 7.62. The minimum Gasteiger partial charge on any atom is -0.314 e. The Morgan fingerprint density at radius 2 is 1.96 bits per heavy atom. The molecule has 0 spiro atoms. The van der Waals surface area contributed by atoms with E-state index in [1.165, 1.54) is 16.0 Å². The molecule has 0 aromatic heterocycles. The Hall–Kier alpha value is -1.33. The first-order chi connectivity index (χ1) is 11.2. The summed E-state index contributed by atoms with van der Waals surface area (Å²) in [6, 6.07) is 8.91. The molecule has 0 aliphatic carbocycles. The number of piperazine rings is 1. The molecule has 1 fully saturated rings. The second-order valence-electron chi connectivity index (χ2n) is 5.73. The number of rotatable bonds is 8. The summed E-state index contributed by atoms with van der Waals surface area (Å²) in [6.07, 6.45) is 5.69. The Labute approximate surface area is 144 Å². The van der Waals surface area contributed by atoms with Crippen molar-refractivity contribution in [3.05, 3.63) is 66.8 Å². The van der Waals surface area contributed by atoms with Crippen LogP contribution in [0.25, 0.3) is 0 Å². The average molecular weight is 330 g/mol. The van der Waals surface area contributed by atoms with Gasteiger partial charge < -0.3 is 5.32 Å². The second-order valence-corrected chi connectivity index (χ2v) is 7.01. The van der Waals surface area contributed by atoms with E-state index in [2.05, 4.69) is 59.0 Å². The molecular formula is C19H27N3S. The maximum absolute atomic E-state index is 3.85. The molecule has 0 amide bonds. The number of allylic oxidation sites excluding steroid dienone is 2. The smallest absolute Gasteiger partial charge is 0.0340 e. The summed E-state index contributed by atoms with van der Waals surface area (Å²) < 4.78 is 2.21. The van der Waals surface area contributed by atoms with Gasteiger partial charge in [-0.2, -0.15) is 0 Å². The first-order valence-electron chi connectivity index (χ1n) is 8.06. The van der Waals surface area contributed by atoms with Crippen LogP contribution in [0.2, 0.25) is 0 Å². The number of hydrogen-bond acceptors (Lipinski definition) is 4. The Morgan fingerprint density at radius 3 is 2.57 bits per heavy atom. The third-order valence-corrected chi connectivity index (χ3v) is 4.72. The number of nitrogens with zero attached hydrogens (tertiary/aromatic N) is 2. The van der Waals surface area contributed by atoms with E-state index >= 15 is 0 Å². The van der Waals surface area contributed by atoms with Crippen LogP contribution in [-0.2, 0) is 6.54 Å². The van der Waals surface area contributed by atoms with Crippen molar-refractivity contribution in [2.24, 2.45) is 0 Å². The van der Waals surface area contributed by atoms with Crippen LogP contribution in [0.1, 0.15) is 5.56 Å². The molecule has 1 aromatic rings. The van der Waals surface area contributed by atoms with Crippen LogP contribution in [0.15, 0.2) is 66.1 Å². The highest BCUT2D eigenvalue weighted by atomic mass is 32.2. The Bertz CT molecular complexity index is 530. The largest absolute Gasteiger partial charge is 0.314 e. The third kappa shape index (κ3) is 6.36. The molecule has 3 nitrogen and oxygen atoms in total. The lowest BCUT2D eigenvalue weighted by atomic mass is 10.2. The second kappa shape index (κ2) is 9.73. The van der Waals surface area contributed by atoms with E-state index in [0.29, 0.717) is 0 Å². The van der Waals surface area contributed by atoms with Crippen LogP contribution in [0.5, 0.6) is 0 Å². The van der Waals surface area contributed by atoms with Gasteiger partial charge >= 0.3 is 0 Å². The van der Waals surface area contributed by atoms with Crippen molar-refractivity contribution >= 4 is 11.9 Å². The van der Waals surface area contributed by atoms with Crippen molar-refractivity contribution in [2.45, 2.75) is 11.4 Å². The minimum atomic E-state index is 0.850. The lowest BCUT2D eigenvalue weighted by molar-refractivity contribution is 0.233. The van der Waals surface area contributed by atoms with Gasteiger partial charge in [0.25, 0.3) is 0 Å². The van der Waals surface area contributed by atoms with E-state index in [-0.39, 0.29) is 0 Å². The summed E-state index contributed by atoms with van der Waals surface area (Å²) in [5.74, 6) is 0. The molecule has 1 aliphatic heterocycles. The van der Waals surface area contributed by atoms with Crippen molar-refractivity contribution in [2.75, 3.05) is 39.8 Å². The van der Waals surface area contributed by atoms with Crippen LogP contribution in [-0.4, -0.2) is 49.0 Å². The van der Waals surface area contributed by atoms with Crippen LogP contribution in [0, 0.1) is 0 Å². The molecule has 1 heterocycles. The van der Waals surface area contributed by atoms with E-state index < -0.39 is 0 Å². The van der Waals surface area contributed by atoms with Crippen LogP contribution < -0.4 is 5.32 Å².